The van der Waals surface area contributed by atoms with Gasteiger partial charge < -0.3 is 123 Å². The zero-order valence-corrected chi connectivity index (χ0v) is 31.6. The minimum absolute atomic E-state index is 0. The molecule has 0 rings (SSSR count). The summed E-state index contributed by atoms with van der Waals surface area (Å²) in [5.74, 6) is -6.90. The predicted octanol–water partition coefficient (Wildman–Crippen LogP) is -14.0. The van der Waals surface area contributed by atoms with Crippen molar-refractivity contribution < 1.29 is 178 Å². The fraction of sp³-hybridized carbons (Fsp3) is 0.833. The number of hydrogen-bond donors (Lipinski definition) is 24. The maximum absolute atomic E-state index is 10.1. The van der Waals surface area contributed by atoms with Crippen LogP contribution in [-0.2, 0) is 55.7 Å². The molecule has 0 saturated heterocycles. The summed E-state index contributed by atoms with van der Waals surface area (Å²) in [5, 5.41) is 207. The molecule has 16 atom stereocenters. The molecule has 0 aromatic heterocycles. The van der Waals surface area contributed by atoms with Gasteiger partial charge in [-0.25, -0.2) is 19.2 Å². The number of carboxylic acids is 4. The Labute approximate surface area is 325 Å². The summed E-state index contributed by atoms with van der Waals surface area (Å²) >= 11 is 0. The van der Waals surface area contributed by atoms with E-state index in [-0.39, 0.29) is 36.5 Å². The Morgan fingerprint density at radius 1 is 0.296 bits per heavy atom. The first kappa shape index (κ1) is 64.1. The quantitative estimate of drug-likeness (QED) is 0.0504. The topological polar surface area (TPSA) is 554 Å². The molecule has 0 aliphatic rings. The van der Waals surface area contributed by atoms with Crippen LogP contribution in [0.1, 0.15) is 0 Å². The van der Waals surface area contributed by atoms with Crippen molar-refractivity contribution in [2.75, 3.05) is 26.4 Å². The molecule has 0 saturated carbocycles. The van der Waals surface area contributed by atoms with Gasteiger partial charge in [-0.05, 0) is 0 Å². The van der Waals surface area contributed by atoms with Crippen LogP contribution in [0.3, 0.4) is 0 Å². The molecule has 30 heteroatoms. The van der Waals surface area contributed by atoms with Crippen molar-refractivity contribution in [3.8, 4) is 0 Å². The van der Waals surface area contributed by atoms with E-state index < -0.39 is 148 Å². The molecule has 0 aliphatic heterocycles. The fourth-order valence-corrected chi connectivity index (χ4v) is 2.67. The molecule has 0 bridgehead atoms. The monoisotopic (exact) mass is 904 g/mol. The van der Waals surface area contributed by atoms with Gasteiger partial charge in [0.15, 0.2) is 24.4 Å². The van der Waals surface area contributed by atoms with Crippen molar-refractivity contribution >= 4 is 23.9 Å². The second-order valence-electron chi connectivity index (χ2n) is 10.1. The third kappa shape index (κ3) is 24.7. The molecule has 0 aromatic rings. The van der Waals surface area contributed by atoms with E-state index in [0.717, 1.165) is 0 Å². The van der Waals surface area contributed by atoms with E-state index in [4.69, 9.17) is 123 Å². The number of aliphatic hydroxyl groups excluding tert-OH is 20. The number of hydrogen-bond acceptors (Lipinski definition) is 24. The zero-order valence-electron chi connectivity index (χ0n) is 27.5. The zero-order chi connectivity index (χ0) is 42.4. The largest absolute Gasteiger partial charge is 0.479 e. The van der Waals surface area contributed by atoms with Crippen LogP contribution in [0.4, 0.5) is 0 Å². The first-order valence-corrected chi connectivity index (χ1v) is 13.9. The standard InChI is InChI=1S/4C6H12O7.Fe.Zn/c4*7-1-2(8)3(9)4(10)5(11)6(12)13;;/h4*2-5,7-11H,1H2,(H,12,13);;/t4*2-,3-,4+,5-;;/m1111../s1. The van der Waals surface area contributed by atoms with Crippen LogP contribution in [0, 0.1) is 0 Å². The van der Waals surface area contributed by atoms with Crippen LogP contribution in [0.2, 0.25) is 0 Å². The third-order valence-electron chi connectivity index (χ3n) is 6.03. The molecular formula is C24H48FeO28Zn. The molecule has 28 nitrogen and oxygen atoms in total. The molecule has 0 heterocycles. The van der Waals surface area contributed by atoms with E-state index in [1.807, 2.05) is 0 Å². The Hall–Kier alpha value is -1.78. The first-order chi connectivity index (χ1) is 23.7. The first-order valence-electron chi connectivity index (χ1n) is 13.9. The van der Waals surface area contributed by atoms with E-state index >= 15 is 0 Å². The molecular weight excluding hydrogens is 857 g/mol. The summed E-state index contributed by atoms with van der Waals surface area (Å²) in [7, 11) is 0. The summed E-state index contributed by atoms with van der Waals surface area (Å²) in [6.07, 6.45) is -31.3. The van der Waals surface area contributed by atoms with Gasteiger partial charge in [-0.1, -0.05) is 0 Å². The molecule has 322 valence electrons. The van der Waals surface area contributed by atoms with Gasteiger partial charge in [-0.3, -0.25) is 0 Å². The van der Waals surface area contributed by atoms with E-state index in [9.17, 15) is 19.2 Å². The summed E-state index contributed by atoms with van der Waals surface area (Å²) < 4.78 is 0. The molecule has 54 heavy (non-hydrogen) atoms. The van der Waals surface area contributed by atoms with Crippen LogP contribution < -0.4 is 0 Å². The summed E-state index contributed by atoms with van der Waals surface area (Å²) in [6, 6.07) is 0. The van der Waals surface area contributed by atoms with Gasteiger partial charge in [0.1, 0.15) is 73.2 Å². The SMILES string of the molecule is O=C(O)[C@H](O)[C@@H](O)[C@H](O)[C@H](O)CO.O=C(O)[C@H](O)[C@@H](O)[C@H](O)[C@H](O)CO.O=C(O)[C@H](O)[C@@H](O)[C@H](O)[C@H](O)CO.O=C(O)[C@H](O)[C@@H](O)[C@H](O)[C@H](O)CO.[Fe].[Zn]. The van der Waals surface area contributed by atoms with Crippen LogP contribution in [0.15, 0.2) is 0 Å². The van der Waals surface area contributed by atoms with Gasteiger partial charge in [0.25, 0.3) is 0 Å². The Bertz CT molecular complexity index is 848. The normalized spacial score (nSPS) is 19.6. The van der Waals surface area contributed by atoms with Gasteiger partial charge in [0, 0.05) is 36.5 Å². The van der Waals surface area contributed by atoms with Crippen LogP contribution in [0.5, 0.6) is 0 Å². The molecule has 0 fully saturated rings. The van der Waals surface area contributed by atoms with Crippen molar-refractivity contribution in [1.82, 2.24) is 0 Å². The number of rotatable bonds is 20. The molecule has 0 aromatic carbocycles. The minimum atomic E-state index is -2.20. The predicted molar refractivity (Wildman–Crippen MR) is 155 cm³/mol. The Morgan fingerprint density at radius 3 is 0.481 bits per heavy atom. The number of carboxylic acid groups (broad SMARTS) is 4. The van der Waals surface area contributed by atoms with Crippen molar-refractivity contribution in [3.05, 3.63) is 0 Å². The maximum atomic E-state index is 10.1. The van der Waals surface area contributed by atoms with E-state index in [1.165, 1.54) is 0 Å². The smallest absolute Gasteiger partial charge is 0.335 e. The minimum Gasteiger partial charge on any atom is -0.479 e. The van der Waals surface area contributed by atoms with Crippen LogP contribution >= 0.6 is 0 Å². The number of carbonyl (C=O) groups is 4. The maximum Gasteiger partial charge on any atom is 0.335 e. The number of aliphatic hydroxyl groups is 20. The van der Waals surface area contributed by atoms with Crippen molar-refractivity contribution in [2.45, 2.75) is 97.7 Å². The molecule has 0 unspecified atom stereocenters. The average Bonchev–Trinajstić information content (AvgIpc) is 3.12. The fourth-order valence-electron chi connectivity index (χ4n) is 2.67. The molecule has 0 spiro atoms. The average molecular weight is 906 g/mol. The van der Waals surface area contributed by atoms with E-state index in [0.29, 0.717) is 0 Å². The molecule has 24 N–H and O–H groups in total. The van der Waals surface area contributed by atoms with Gasteiger partial charge in [-0.2, -0.15) is 0 Å². The second kappa shape index (κ2) is 33.4. The number of aliphatic carboxylic acids is 4. The van der Waals surface area contributed by atoms with Gasteiger partial charge >= 0.3 is 23.9 Å². The van der Waals surface area contributed by atoms with Gasteiger partial charge in [0.05, 0.1) is 26.4 Å². The summed E-state index contributed by atoms with van der Waals surface area (Å²) in [4.78, 5) is 40.4. The van der Waals surface area contributed by atoms with Crippen LogP contribution in [0.25, 0.3) is 0 Å². The van der Waals surface area contributed by atoms with Crippen molar-refractivity contribution in [2.24, 2.45) is 0 Å². The molecule has 0 aliphatic carbocycles. The second-order valence-corrected chi connectivity index (χ2v) is 10.1. The Balaban J connectivity index is -0.000000140. The Morgan fingerprint density at radius 2 is 0.407 bits per heavy atom. The summed E-state index contributed by atoms with van der Waals surface area (Å²) in [5.41, 5.74) is 0. The van der Waals surface area contributed by atoms with Gasteiger partial charge in [0.2, 0.25) is 0 Å². The summed E-state index contributed by atoms with van der Waals surface area (Å²) in [6.45, 7) is -3.37. The van der Waals surface area contributed by atoms with Crippen molar-refractivity contribution in [1.29, 1.82) is 0 Å². The van der Waals surface area contributed by atoms with Crippen LogP contribution in [-0.4, -0.2) is 271 Å². The van der Waals surface area contributed by atoms with E-state index in [1.54, 1.807) is 0 Å². The molecule has 0 radical (unpaired) electrons. The van der Waals surface area contributed by atoms with Gasteiger partial charge in [-0.15, -0.1) is 0 Å². The third-order valence-corrected chi connectivity index (χ3v) is 6.03. The van der Waals surface area contributed by atoms with E-state index in [2.05, 4.69) is 0 Å². The van der Waals surface area contributed by atoms with Crippen molar-refractivity contribution in [3.63, 3.8) is 0 Å². The molecule has 0 amide bonds. The Kier molecular flexibility index (Phi) is 39.6.